The largest absolute Gasteiger partial charge is 0.481 e. The number of nitrogens with one attached hydrogen (secondary N) is 1. The molecule has 6 nitrogen and oxygen atoms in total. The maximum Gasteiger partial charge on any atom is 0.272 e. The molecule has 1 amide bonds. The first-order chi connectivity index (χ1) is 8.31. The molecule has 2 aromatic rings. The van der Waals surface area contributed by atoms with Gasteiger partial charge in [0.25, 0.3) is 5.91 Å². The Labute approximate surface area is 102 Å². The minimum atomic E-state index is -0.260. The van der Waals surface area contributed by atoms with Gasteiger partial charge in [-0.05, 0) is 6.07 Å². The van der Waals surface area contributed by atoms with Crippen LogP contribution in [0, 0.1) is 0 Å². The number of methoxy groups -OCH3 is 1. The van der Waals surface area contributed by atoms with Crippen molar-refractivity contribution in [2.75, 3.05) is 7.11 Å². The molecular weight excluding hydrogens is 240 g/mol. The number of hydrogen-bond donors (Lipinski definition) is 1. The molecule has 2 heterocycles. The molecule has 0 aromatic carbocycles. The lowest BCUT2D eigenvalue weighted by Gasteiger charge is -2.07. The van der Waals surface area contributed by atoms with Crippen LogP contribution < -0.4 is 10.1 Å². The van der Waals surface area contributed by atoms with Crippen LogP contribution in [0.3, 0.4) is 0 Å². The summed E-state index contributed by atoms with van der Waals surface area (Å²) >= 11 is 0.999. The number of amides is 1. The van der Waals surface area contributed by atoms with Crippen LogP contribution >= 0.6 is 11.7 Å². The van der Waals surface area contributed by atoms with Crippen molar-refractivity contribution in [1.29, 1.82) is 0 Å². The molecule has 0 radical (unpaired) electrons. The second-order valence-electron chi connectivity index (χ2n) is 3.15. The van der Waals surface area contributed by atoms with E-state index in [0.717, 1.165) is 17.3 Å². The Morgan fingerprint density at radius 2 is 2.47 bits per heavy atom. The number of hydrogen-bond acceptors (Lipinski definition) is 6. The van der Waals surface area contributed by atoms with E-state index in [-0.39, 0.29) is 5.91 Å². The number of ether oxygens (including phenoxy) is 1. The molecule has 0 atom stereocenters. The van der Waals surface area contributed by atoms with Gasteiger partial charge in [0.15, 0.2) is 5.69 Å². The molecule has 7 heteroatoms. The predicted molar refractivity (Wildman–Crippen MR) is 61.9 cm³/mol. The molecule has 0 aliphatic heterocycles. The van der Waals surface area contributed by atoms with Gasteiger partial charge in [0, 0.05) is 18.3 Å². The van der Waals surface area contributed by atoms with E-state index < -0.39 is 0 Å². The van der Waals surface area contributed by atoms with Gasteiger partial charge in [-0.1, -0.05) is 6.07 Å². The van der Waals surface area contributed by atoms with Crippen molar-refractivity contribution in [3.8, 4) is 5.88 Å². The fourth-order valence-corrected chi connectivity index (χ4v) is 1.69. The van der Waals surface area contributed by atoms with E-state index in [4.69, 9.17) is 4.74 Å². The van der Waals surface area contributed by atoms with Crippen LogP contribution in [-0.4, -0.2) is 26.7 Å². The van der Waals surface area contributed by atoms with E-state index in [1.165, 1.54) is 13.3 Å². The maximum absolute atomic E-state index is 11.6. The summed E-state index contributed by atoms with van der Waals surface area (Å²) in [6, 6.07) is 3.62. The van der Waals surface area contributed by atoms with Crippen LogP contribution in [-0.2, 0) is 6.54 Å². The summed E-state index contributed by atoms with van der Waals surface area (Å²) in [5.41, 5.74) is 1.13. The number of pyridine rings is 1. The van der Waals surface area contributed by atoms with E-state index in [1.807, 2.05) is 6.07 Å². The van der Waals surface area contributed by atoms with Crippen molar-refractivity contribution in [3.05, 3.63) is 35.8 Å². The third-order valence-electron chi connectivity index (χ3n) is 2.08. The quantitative estimate of drug-likeness (QED) is 0.871. The highest BCUT2D eigenvalue weighted by atomic mass is 32.1. The lowest BCUT2D eigenvalue weighted by Crippen LogP contribution is -2.23. The van der Waals surface area contributed by atoms with E-state index in [9.17, 15) is 4.79 Å². The Balaban J connectivity index is 2.00. The van der Waals surface area contributed by atoms with Crippen molar-refractivity contribution in [3.63, 3.8) is 0 Å². The van der Waals surface area contributed by atoms with Gasteiger partial charge in [0.1, 0.15) is 0 Å². The molecule has 0 aliphatic rings. The zero-order valence-electron chi connectivity index (χ0n) is 9.08. The van der Waals surface area contributed by atoms with Crippen LogP contribution in [0.2, 0.25) is 0 Å². The molecule has 0 aliphatic carbocycles. The highest BCUT2D eigenvalue weighted by Gasteiger charge is 2.09. The van der Waals surface area contributed by atoms with Crippen molar-refractivity contribution in [1.82, 2.24) is 19.0 Å². The zero-order valence-corrected chi connectivity index (χ0v) is 9.90. The number of nitrogens with zero attached hydrogens (tertiary/aromatic N) is 3. The Bertz CT molecular complexity index is 501. The highest BCUT2D eigenvalue weighted by molar-refractivity contribution is 6.99. The molecule has 0 spiro atoms. The molecule has 0 saturated carbocycles. The van der Waals surface area contributed by atoms with Gasteiger partial charge in [-0.15, -0.1) is 0 Å². The number of aromatic nitrogens is 3. The third-order valence-corrected chi connectivity index (χ3v) is 2.55. The van der Waals surface area contributed by atoms with Crippen molar-refractivity contribution < 1.29 is 9.53 Å². The monoisotopic (exact) mass is 250 g/mol. The molecule has 0 saturated heterocycles. The summed E-state index contributed by atoms with van der Waals surface area (Å²) in [6.45, 7) is 0.341. The summed E-state index contributed by atoms with van der Waals surface area (Å²) in [7, 11) is 1.54. The molecule has 0 unspecified atom stereocenters. The first kappa shape index (κ1) is 11.5. The predicted octanol–water partition coefficient (Wildman–Crippen LogP) is 0.872. The smallest absolute Gasteiger partial charge is 0.272 e. The Morgan fingerprint density at radius 1 is 1.59 bits per heavy atom. The van der Waals surface area contributed by atoms with Crippen LogP contribution in [0.15, 0.2) is 24.5 Å². The third kappa shape index (κ3) is 2.76. The molecule has 88 valence electrons. The minimum Gasteiger partial charge on any atom is -0.481 e. The summed E-state index contributed by atoms with van der Waals surface area (Å²) in [6.07, 6.45) is 3.06. The van der Waals surface area contributed by atoms with Gasteiger partial charge < -0.3 is 10.1 Å². The highest BCUT2D eigenvalue weighted by Crippen LogP contribution is 2.12. The van der Waals surface area contributed by atoms with Crippen LogP contribution in [0.5, 0.6) is 5.88 Å². The average molecular weight is 250 g/mol. The molecule has 2 rings (SSSR count). The Hall–Kier alpha value is -2.02. The van der Waals surface area contributed by atoms with E-state index >= 15 is 0 Å². The first-order valence-electron chi connectivity index (χ1n) is 4.85. The van der Waals surface area contributed by atoms with Gasteiger partial charge in [-0.2, -0.15) is 8.75 Å². The van der Waals surface area contributed by atoms with Gasteiger partial charge in [-0.3, -0.25) is 4.79 Å². The minimum absolute atomic E-state index is 0.260. The standard InChI is InChI=1S/C10H10N4O2S/c1-16-10-7(3-2-4-11-10)5-12-9(15)8-6-13-17-14-8/h2-4,6H,5H2,1H3,(H,12,15). The van der Waals surface area contributed by atoms with E-state index in [2.05, 4.69) is 19.0 Å². The summed E-state index contributed by atoms with van der Waals surface area (Å²) in [5.74, 6) is 0.244. The molecule has 1 N–H and O–H groups in total. The van der Waals surface area contributed by atoms with Crippen LogP contribution in [0.4, 0.5) is 0 Å². The SMILES string of the molecule is COc1ncccc1CNC(=O)c1cnsn1. The lowest BCUT2D eigenvalue weighted by atomic mass is 10.2. The molecule has 0 bridgehead atoms. The van der Waals surface area contributed by atoms with Crippen molar-refractivity contribution in [2.45, 2.75) is 6.54 Å². The maximum atomic E-state index is 11.6. The van der Waals surface area contributed by atoms with Crippen molar-refractivity contribution >= 4 is 17.6 Å². The van der Waals surface area contributed by atoms with E-state index in [1.54, 1.807) is 12.3 Å². The first-order valence-corrected chi connectivity index (χ1v) is 5.58. The summed E-state index contributed by atoms with van der Waals surface area (Å²) in [5, 5.41) is 2.72. The van der Waals surface area contributed by atoms with Gasteiger partial charge in [-0.25, -0.2) is 4.98 Å². The Morgan fingerprint density at radius 3 is 3.18 bits per heavy atom. The van der Waals surface area contributed by atoms with Gasteiger partial charge in [0.05, 0.1) is 25.0 Å². The number of rotatable bonds is 4. The molecule has 17 heavy (non-hydrogen) atoms. The lowest BCUT2D eigenvalue weighted by molar-refractivity contribution is 0.0946. The zero-order chi connectivity index (χ0) is 12.1. The summed E-state index contributed by atoms with van der Waals surface area (Å²) in [4.78, 5) is 15.6. The topological polar surface area (TPSA) is 77.0 Å². The Kier molecular flexibility index (Phi) is 3.61. The fraction of sp³-hybridized carbons (Fsp3) is 0.200. The summed E-state index contributed by atoms with van der Waals surface area (Å²) < 4.78 is 12.7. The van der Waals surface area contributed by atoms with Gasteiger partial charge >= 0.3 is 0 Å². The second-order valence-corrected chi connectivity index (χ2v) is 3.70. The molecule has 2 aromatic heterocycles. The average Bonchev–Trinajstić information content (AvgIpc) is 2.90. The van der Waals surface area contributed by atoms with Crippen molar-refractivity contribution in [2.24, 2.45) is 0 Å². The number of carbonyl (C=O) groups is 1. The fourth-order valence-electron chi connectivity index (χ4n) is 1.27. The van der Waals surface area contributed by atoms with Gasteiger partial charge in [0.2, 0.25) is 5.88 Å². The normalized spacial score (nSPS) is 9.94. The van der Waals surface area contributed by atoms with E-state index in [0.29, 0.717) is 18.1 Å². The molecular formula is C10H10N4O2S. The second kappa shape index (κ2) is 5.35. The molecule has 0 fully saturated rings. The number of carbonyl (C=O) groups excluding carboxylic acids is 1. The van der Waals surface area contributed by atoms with Crippen LogP contribution in [0.25, 0.3) is 0 Å². The van der Waals surface area contributed by atoms with Crippen LogP contribution in [0.1, 0.15) is 16.1 Å².